The highest BCUT2D eigenvalue weighted by atomic mass is 17.1. The third kappa shape index (κ3) is 10.4. The average Bonchev–Trinajstić information content (AvgIpc) is 3.78. The Kier molecular flexibility index (Phi) is 13.5. The van der Waals surface area contributed by atoms with Gasteiger partial charge in [0.15, 0.2) is 0 Å². The van der Waals surface area contributed by atoms with E-state index in [0.29, 0.717) is 29.8 Å². The molecule has 0 aliphatic rings. The number of nitrogens with zero attached hydrogens (tertiary/aromatic N) is 7. The van der Waals surface area contributed by atoms with Crippen LogP contribution >= 0.6 is 0 Å². The molecule has 282 valence electrons. The van der Waals surface area contributed by atoms with Gasteiger partial charge in [0.05, 0.1) is 34.0 Å². The molecule has 3 atom stereocenters. The Hall–Kier alpha value is -5.38. The first-order valence-corrected chi connectivity index (χ1v) is 16.7. The van der Waals surface area contributed by atoms with E-state index >= 15 is 0 Å². The number of aromatic nitrogens is 6. The molecule has 0 saturated heterocycles. The number of hydrogen-bond donors (Lipinski definition) is 5. The van der Waals surface area contributed by atoms with Crippen LogP contribution in [0.5, 0.6) is 0 Å². The Morgan fingerprint density at radius 1 is 0.906 bits per heavy atom. The van der Waals surface area contributed by atoms with E-state index in [9.17, 15) is 9.59 Å². The molecular formula is C34H40N8O11. The summed E-state index contributed by atoms with van der Waals surface area (Å²) in [4.78, 5) is 40.0. The van der Waals surface area contributed by atoms with Gasteiger partial charge in [0.25, 0.3) is 0 Å². The predicted octanol–water partition coefficient (Wildman–Crippen LogP) is 5.10. The molecule has 0 aliphatic heterocycles. The highest BCUT2D eigenvalue weighted by Crippen LogP contribution is 2.30. The number of fused-ring (bicyclic) bond motifs is 1. The summed E-state index contributed by atoms with van der Waals surface area (Å²) in [5.41, 5.74) is 5.15. The molecule has 0 aliphatic carbocycles. The summed E-state index contributed by atoms with van der Waals surface area (Å²) in [6.07, 6.45) is -2.91. The molecular weight excluding hydrogens is 696 g/mol. The van der Waals surface area contributed by atoms with Crippen LogP contribution < -0.4 is 0 Å². The van der Waals surface area contributed by atoms with E-state index in [2.05, 4.69) is 25.5 Å². The molecule has 53 heavy (non-hydrogen) atoms. The zero-order valence-electron chi connectivity index (χ0n) is 29.1. The normalized spacial score (nSPS) is 13.3. The lowest BCUT2D eigenvalue weighted by Gasteiger charge is -2.24. The smallest absolute Gasteiger partial charge is 0.434 e. The number of para-hydroxylation sites is 1. The number of imidazole rings is 1. The second-order valence-corrected chi connectivity index (χ2v) is 11.8. The Labute approximate surface area is 302 Å². The number of tetrazole rings is 1. The largest absolute Gasteiger partial charge is 0.511 e. The van der Waals surface area contributed by atoms with Crippen LogP contribution in [0.1, 0.15) is 61.8 Å². The Morgan fingerprint density at radius 3 is 2.32 bits per heavy atom. The molecule has 5 aromatic rings. The molecule has 5 N–H and O–H groups in total. The SMILES string of the molecule is CCCc1nc2cccc(C(=O)OC(C)OC(=O)OCCC[C@@H](ON(O)O)[C@@H](C)ON(O)O)c2n1Cc1ccc(-c2ccccc2-c2nn[nH]n2)cc1. The van der Waals surface area contributed by atoms with Crippen LogP contribution in [0.3, 0.4) is 0 Å². The Balaban J connectivity index is 1.24. The molecule has 0 amide bonds. The van der Waals surface area contributed by atoms with Gasteiger partial charge in [-0.15, -0.1) is 10.2 Å². The second-order valence-electron chi connectivity index (χ2n) is 11.8. The summed E-state index contributed by atoms with van der Waals surface area (Å²) in [6.45, 7) is 5.01. The summed E-state index contributed by atoms with van der Waals surface area (Å²) >= 11 is 0. The van der Waals surface area contributed by atoms with Crippen LogP contribution in [0.25, 0.3) is 33.5 Å². The van der Waals surface area contributed by atoms with E-state index in [1.54, 1.807) is 12.1 Å². The number of rotatable bonds is 18. The molecule has 3 aromatic carbocycles. The zero-order valence-corrected chi connectivity index (χ0v) is 29.1. The maximum Gasteiger partial charge on any atom is 0.511 e. The molecule has 0 bridgehead atoms. The van der Waals surface area contributed by atoms with Crippen molar-refractivity contribution in [2.24, 2.45) is 0 Å². The minimum Gasteiger partial charge on any atom is -0.434 e. The monoisotopic (exact) mass is 736 g/mol. The van der Waals surface area contributed by atoms with E-state index < -0.39 is 41.4 Å². The number of aryl methyl sites for hydroxylation is 1. The molecule has 19 heteroatoms. The molecule has 0 spiro atoms. The van der Waals surface area contributed by atoms with Crippen LogP contribution in [0, 0.1) is 0 Å². The molecule has 0 fully saturated rings. The maximum absolute atomic E-state index is 13.5. The number of benzene rings is 3. The van der Waals surface area contributed by atoms with Crippen LogP contribution in [-0.2, 0) is 36.9 Å². The van der Waals surface area contributed by atoms with E-state index in [4.69, 9.17) is 44.9 Å². The summed E-state index contributed by atoms with van der Waals surface area (Å²) in [6, 6.07) is 21.0. The van der Waals surface area contributed by atoms with Gasteiger partial charge >= 0.3 is 12.1 Å². The Morgan fingerprint density at radius 2 is 1.64 bits per heavy atom. The molecule has 0 radical (unpaired) electrons. The first-order valence-electron chi connectivity index (χ1n) is 16.7. The number of nitrogens with one attached hydrogen (secondary N) is 1. The number of ether oxygens (including phenoxy) is 3. The topological polar surface area (TPSA) is 240 Å². The van der Waals surface area contributed by atoms with Crippen molar-refractivity contribution in [3.8, 4) is 22.5 Å². The van der Waals surface area contributed by atoms with Gasteiger partial charge in [-0.2, -0.15) is 5.21 Å². The van der Waals surface area contributed by atoms with E-state index in [1.807, 2.05) is 66.1 Å². The summed E-state index contributed by atoms with van der Waals surface area (Å²) in [7, 11) is 0. The van der Waals surface area contributed by atoms with Gasteiger partial charge in [0, 0.05) is 25.5 Å². The van der Waals surface area contributed by atoms with E-state index in [0.717, 1.165) is 34.5 Å². The second kappa shape index (κ2) is 18.4. The van der Waals surface area contributed by atoms with Crippen molar-refractivity contribution in [1.29, 1.82) is 0 Å². The molecule has 2 aromatic heterocycles. The molecule has 5 rings (SSSR count). The van der Waals surface area contributed by atoms with Crippen molar-refractivity contribution < 1.29 is 54.3 Å². The zero-order chi connectivity index (χ0) is 37.9. The number of aromatic amines is 1. The first-order chi connectivity index (χ1) is 25.5. The van der Waals surface area contributed by atoms with Crippen molar-refractivity contribution in [3.63, 3.8) is 0 Å². The van der Waals surface area contributed by atoms with Gasteiger partial charge in [-0.1, -0.05) is 61.5 Å². The minimum absolute atomic E-state index is 0.0295. The van der Waals surface area contributed by atoms with Gasteiger partial charge < -0.3 is 18.8 Å². The van der Waals surface area contributed by atoms with E-state index in [-0.39, 0.29) is 25.0 Å². The first kappa shape index (κ1) is 38.8. The average molecular weight is 737 g/mol. The molecule has 1 unspecified atom stereocenters. The highest BCUT2D eigenvalue weighted by molar-refractivity contribution is 6.02. The van der Waals surface area contributed by atoms with Crippen LogP contribution in [0.4, 0.5) is 4.79 Å². The van der Waals surface area contributed by atoms with Gasteiger partial charge in [0.2, 0.25) is 12.1 Å². The highest BCUT2D eigenvalue weighted by Gasteiger charge is 2.25. The lowest BCUT2D eigenvalue weighted by Crippen LogP contribution is -2.37. The van der Waals surface area contributed by atoms with Gasteiger partial charge in [-0.3, -0.25) is 20.8 Å². The van der Waals surface area contributed by atoms with E-state index in [1.165, 1.54) is 13.8 Å². The van der Waals surface area contributed by atoms with Gasteiger partial charge in [0.1, 0.15) is 18.0 Å². The summed E-state index contributed by atoms with van der Waals surface area (Å²) in [5.74, 6) is 0.556. The Bertz CT molecular complexity index is 1940. The van der Waals surface area contributed by atoms with Crippen molar-refractivity contribution in [3.05, 3.63) is 83.7 Å². The number of carbonyl (C=O) groups excluding carboxylic acids is 2. The van der Waals surface area contributed by atoms with Crippen molar-refractivity contribution >= 4 is 23.2 Å². The van der Waals surface area contributed by atoms with Crippen LogP contribution in [0.2, 0.25) is 0 Å². The van der Waals surface area contributed by atoms with Gasteiger partial charge in [-0.25, -0.2) is 24.2 Å². The van der Waals surface area contributed by atoms with Gasteiger partial charge in [-0.05, 0) is 60.2 Å². The number of carbonyl (C=O) groups is 2. The van der Waals surface area contributed by atoms with Crippen molar-refractivity contribution in [1.82, 2.24) is 41.0 Å². The number of hydrogen-bond acceptors (Lipinski definition) is 17. The van der Waals surface area contributed by atoms with Crippen molar-refractivity contribution in [2.75, 3.05) is 6.61 Å². The standard InChI is InChI=1S/C34H40N8O11/c1-4-9-30-35-28-13-7-12-27(33(43)50-22(3)51-34(44)49-19-8-14-29(53-42(47)48)21(2)52-41(45)46)31(28)40(30)20-23-15-17-24(18-16-23)25-10-5-6-11-26(25)32-36-38-39-37-32/h5-7,10-13,15-18,21-22,29,45-48H,4,8-9,14,19-20H2,1-3H3,(H,36,37,38,39)/t21-,22?,29-/m1/s1. The lowest BCUT2D eigenvalue weighted by molar-refractivity contribution is -0.537. The summed E-state index contributed by atoms with van der Waals surface area (Å²) < 4.78 is 17.6. The number of esters is 1. The molecule has 2 heterocycles. The fourth-order valence-corrected chi connectivity index (χ4v) is 5.72. The fraction of sp³-hybridized carbons (Fsp3) is 0.353. The van der Waals surface area contributed by atoms with Crippen LogP contribution in [-0.4, -0.2) is 99.0 Å². The minimum atomic E-state index is -1.32. The predicted molar refractivity (Wildman–Crippen MR) is 181 cm³/mol. The number of H-pyrrole nitrogens is 1. The quantitative estimate of drug-likeness (QED) is 0.0340. The molecule has 0 saturated carbocycles. The van der Waals surface area contributed by atoms with Crippen LogP contribution in [0.15, 0.2) is 66.7 Å². The fourth-order valence-electron chi connectivity index (χ4n) is 5.72. The summed E-state index contributed by atoms with van der Waals surface area (Å²) in [5, 5.41) is 48.9. The lowest BCUT2D eigenvalue weighted by atomic mass is 9.98. The maximum atomic E-state index is 13.5. The molecule has 19 nitrogen and oxygen atoms in total. The van der Waals surface area contributed by atoms with Crippen molar-refractivity contribution in [2.45, 2.75) is 71.5 Å². The third-order valence-corrected chi connectivity index (χ3v) is 8.06. The third-order valence-electron chi connectivity index (χ3n) is 8.06.